The van der Waals surface area contributed by atoms with Crippen molar-refractivity contribution in [2.45, 2.75) is 33.4 Å². The van der Waals surface area contributed by atoms with Crippen LogP contribution in [0.4, 0.5) is 0 Å². The Morgan fingerprint density at radius 3 is 2.20 bits per heavy atom. The minimum absolute atomic E-state index is 0. The Morgan fingerprint density at radius 1 is 0.935 bits per heavy atom. The Labute approximate surface area is 281 Å². The molecular formula is C37H39BrN4O4. The van der Waals surface area contributed by atoms with Crippen molar-refractivity contribution in [2.75, 3.05) is 32.8 Å². The number of rotatable bonds is 11. The van der Waals surface area contributed by atoms with Gasteiger partial charge in [0.1, 0.15) is 18.1 Å². The highest BCUT2D eigenvalue weighted by molar-refractivity contribution is 8.93. The van der Waals surface area contributed by atoms with Gasteiger partial charge in [0, 0.05) is 51.5 Å². The molecule has 1 amide bonds. The van der Waals surface area contributed by atoms with E-state index in [-0.39, 0.29) is 29.5 Å². The molecule has 3 aromatic carbocycles. The van der Waals surface area contributed by atoms with Crippen LogP contribution in [0.2, 0.25) is 0 Å². The maximum absolute atomic E-state index is 12.9. The summed E-state index contributed by atoms with van der Waals surface area (Å²) < 4.78 is 11.9. The fourth-order valence-corrected chi connectivity index (χ4v) is 5.30. The van der Waals surface area contributed by atoms with Gasteiger partial charge in [-0.1, -0.05) is 36.4 Å². The summed E-state index contributed by atoms with van der Waals surface area (Å²) >= 11 is 0. The lowest BCUT2D eigenvalue weighted by molar-refractivity contribution is -0.127. The average Bonchev–Trinajstić information content (AvgIpc) is 3.06. The summed E-state index contributed by atoms with van der Waals surface area (Å²) in [5, 5.41) is 18.0. The van der Waals surface area contributed by atoms with Crippen molar-refractivity contribution in [1.82, 2.24) is 14.8 Å². The molecular weight excluding hydrogens is 644 g/mol. The molecule has 1 aliphatic rings. The summed E-state index contributed by atoms with van der Waals surface area (Å²) in [6.07, 6.45) is 5.83. The number of hydrogen-bond donors (Lipinski definition) is 1. The number of aromatic nitrogens is 1. The molecule has 238 valence electrons. The number of benzene rings is 3. The second-order valence-electron chi connectivity index (χ2n) is 11.2. The highest BCUT2D eigenvalue weighted by Gasteiger charge is 2.20. The Morgan fingerprint density at radius 2 is 1.59 bits per heavy atom. The molecule has 2 heterocycles. The van der Waals surface area contributed by atoms with Crippen molar-refractivity contribution in [2.24, 2.45) is 0 Å². The predicted molar refractivity (Wildman–Crippen MR) is 184 cm³/mol. The second kappa shape index (κ2) is 16.7. The number of carbonyl (C=O) groups excluding carboxylic acids is 1. The highest BCUT2D eigenvalue weighted by Crippen LogP contribution is 2.30. The quantitative estimate of drug-likeness (QED) is 0.183. The largest absolute Gasteiger partial charge is 0.487 e. The molecule has 4 aromatic rings. The van der Waals surface area contributed by atoms with E-state index in [1.54, 1.807) is 30.5 Å². The molecule has 1 saturated heterocycles. The van der Waals surface area contributed by atoms with E-state index in [1.807, 2.05) is 55.2 Å². The van der Waals surface area contributed by atoms with Crippen LogP contribution in [0.15, 0.2) is 85.1 Å². The normalized spacial score (nSPS) is 13.2. The summed E-state index contributed by atoms with van der Waals surface area (Å²) in [7, 11) is 0. The van der Waals surface area contributed by atoms with Gasteiger partial charge in [-0.05, 0) is 90.1 Å². The minimum atomic E-state index is 0. The van der Waals surface area contributed by atoms with Crippen LogP contribution in [-0.4, -0.2) is 58.6 Å². The Kier molecular flexibility index (Phi) is 12.5. The number of nitrogens with zero attached hydrogens (tertiary/aromatic N) is 4. The number of amides is 1. The maximum atomic E-state index is 12.9. The van der Waals surface area contributed by atoms with Crippen LogP contribution in [0.25, 0.3) is 6.08 Å². The van der Waals surface area contributed by atoms with Gasteiger partial charge >= 0.3 is 0 Å². The number of aliphatic hydroxyl groups is 1. The van der Waals surface area contributed by atoms with Crippen LogP contribution >= 0.6 is 17.0 Å². The van der Waals surface area contributed by atoms with Crippen LogP contribution in [0.5, 0.6) is 17.4 Å². The van der Waals surface area contributed by atoms with Crippen LogP contribution in [0, 0.1) is 25.2 Å². The van der Waals surface area contributed by atoms with Crippen molar-refractivity contribution in [1.29, 1.82) is 5.26 Å². The van der Waals surface area contributed by atoms with E-state index in [1.165, 1.54) is 5.56 Å². The van der Waals surface area contributed by atoms with Gasteiger partial charge in [0.05, 0.1) is 17.8 Å². The number of ether oxygens (including phenoxy) is 2. The zero-order valence-electron chi connectivity index (χ0n) is 26.2. The average molecular weight is 684 g/mol. The van der Waals surface area contributed by atoms with Crippen molar-refractivity contribution < 1.29 is 19.4 Å². The first-order valence-corrected chi connectivity index (χ1v) is 15.1. The second-order valence-corrected chi connectivity index (χ2v) is 11.2. The van der Waals surface area contributed by atoms with Gasteiger partial charge < -0.3 is 19.5 Å². The summed E-state index contributed by atoms with van der Waals surface area (Å²) in [6, 6.07) is 25.4. The first-order chi connectivity index (χ1) is 21.9. The van der Waals surface area contributed by atoms with Crippen molar-refractivity contribution in [3.63, 3.8) is 0 Å². The number of hydrogen-bond acceptors (Lipinski definition) is 7. The molecule has 0 atom stereocenters. The molecule has 0 saturated carbocycles. The molecule has 0 aliphatic carbocycles. The van der Waals surface area contributed by atoms with Gasteiger partial charge in [-0.2, -0.15) is 5.26 Å². The number of halogens is 1. The van der Waals surface area contributed by atoms with E-state index in [2.05, 4.69) is 40.2 Å². The molecule has 9 heteroatoms. The van der Waals surface area contributed by atoms with E-state index in [0.29, 0.717) is 43.3 Å². The maximum Gasteiger partial charge on any atom is 0.246 e. The van der Waals surface area contributed by atoms with Gasteiger partial charge in [0.25, 0.3) is 0 Å². The number of pyridine rings is 1. The third kappa shape index (κ3) is 9.51. The van der Waals surface area contributed by atoms with Crippen LogP contribution in [0.3, 0.4) is 0 Å². The first-order valence-electron chi connectivity index (χ1n) is 15.1. The van der Waals surface area contributed by atoms with Crippen molar-refractivity contribution in [3.8, 4) is 23.4 Å². The van der Waals surface area contributed by atoms with Crippen LogP contribution in [-0.2, 0) is 24.4 Å². The number of aryl methyl sites for hydroxylation is 2. The Balaban J connectivity index is 0.00000480. The molecule has 8 nitrogen and oxygen atoms in total. The van der Waals surface area contributed by atoms with Gasteiger partial charge in [0.2, 0.25) is 11.8 Å². The summed E-state index contributed by atoms with van der Waals surface area (Å²) in [4.78, 5) is 21.6. The molecule has 1 fully saturated rings. The third-order valence-corrected chi connectivity index (χ3v) is 7.82. The van der Waals surface area contributed by atoms with E-state index < -0.39 is 0 Å². The number of aliphatic hydroxyl groups excluding tert-OH is 1. The monoisotopic (exact) mass is 682 g/mol. The number of carbonyl (C=O) groups is 1. The lowest BCUT2D eigenvalue weighted by atomic mass is 10.1. The van der Waals surface area contributed by atoms with Crippen LogP contribution < -0.4 is 9.47 Å². The van der Waals surface area contributed by atoms with Crippen molar-refractivity contribution >= 4 is 29.0 Å². The molecule has 0 spiro atoms. The smallest absolute Gasteiger partial charge is 0.246 e. The Bertz CT molecular complexity index is 1640. The minimum Gasteiger partial charge on any atom is -0.487 e. The SMILES string of the molecule is Br.Cc1cc(C=CC(=O)N2CCN(Cc3ccc(CCO)cc3)CC2)cc(C)c1Oc1ccc(OCc2ccc(C#N)cc2)cn1. The lowest BCUT2D eigenvalue weighted by Gasteiger charge is -2.34. The molecule has 1 N–H and O–H groups in total. The first kappa shape index (κ1) is 34.4. The van der Waals surface area contributed by atoms with Gasteiger partial charge in [-0.3, -0.25) is 9.69 Å². The molecule has 0 radical (unpaired) electrons. The van der Waals surface area contributed by atoms with E-state index in [0.717, 1.165) is 53.2 Å². The van der Waals surface area contributed by atoms with Gasteiger partial charge in [-0.25, -0.2) is 4.98 Å². The summed E-state index contributed by atoms with van der Waals surface area (Å²) in [5.74, 6) is 1.83. The predicted octanol–water partition coefficient (Wildman–Crippen LogP) is 6.41. The molecule has 1 aromatic heterocycles. The van der Waals surface area contributed by atoms with E-state index in [9.17, 15) is 4.79 Å². The lowest BCUT2D eigenvalue weighted by Crippen LogP contribution is -2.47. The molecule has 46 heavy (non-hydrogen) atoms. The Hall–Kier alpha value is -4.49. The molecule has 5 rings (SSSR count). The molecule has 1 aliphatic heterocycles. The standard InChI is InChI=1S/C37H38N4O4.BrH/c1-27-21-33(11-14-36(43)41-18-16-40(17-19-41)25-31-7-3-29(4-8-31)15-20-42)22-28(2)37(27)45-35-13-12-34(24-39-35)44-26-32-9-5-30(23-38)6-10-32;/h3-14,21-22,24,42H,15-20,25-26H2,1-2H3;1H. The van der Waals surface area contributed by atoms with E-state index in [4.69, 9.17) is 19.8 Å². The fourth-order valence-electron chi connectivity index (χ4n) is 5.30. The zero-order valence-corrected chi connectivity index (χ0v) is 27.9. The number of piperazine rings is 1. The van der Waals surface area contributed by atoms with Crippen molar-refractivity contribution in [3.05, 3.63) is 124 Å². The summed E-state index contributed by atoms with van der Waals surface area (Å²) in [6.45, 7) is 8.43. The molecule has 0 unspecified atom stereocenters. The zero-order chi connectivity index (χ0) is 31.6. The summed E-state index contributed by atoms with van der Waals surface area (Å²) in [5.41, 5.74) is 6.80. The van der Waals surface area contributed by atoms with Gasteiger partial charge in [0.15, 0.2) is 0 Å². The van der Waals surface area contributed by atoms with E-state index >= 15 is 0 Å². The fraction of sp³-hybridized carbons (Fsp3) is 0.270. The highest BCUT2D eigenvalue weighted by atomic mass is 79.9. The van der Waals surface area contributed by atoms with Gasteiger partial charge in [-0.15, -0.1) is 17.0 Å². The topological polar surface area (TPSA) is 98.9 Å². The third-order valence-electron chi connectivity index (χ3n) is 7.82. The molecule has 0 bridgehead atoms. The number of nitriles is 1. The van der Waals surface area contributed by atoms with Crippen LogP contribution in [0.1, 0.15) is 38.9 Å².